The molecule has 1 aliphatic heterocycles. The van der Waals surface area contributed by atoms with Crippen molar-refractivity contribution in [3.63, 3.8) is 0 Å². The maximum Gasteiger partial charge on any atom is 0.251 e. The minimum absolute atomic E-state index is 0.0112. The molecule has 0 radical (unpaired) electrons. The number of anilines is 1. The van der Waals surface area contributed by atoms with Crippen LogP contribution in [0.5, 0.6) is 0 Å². The number of nitrogens with one attached hydrogen (secondary N) is 1. The van der Waals surface area contributed by atoms with E-state index in [1.54, 1.807) is 11.0 Å². The summed E-state index contributed by atoms with van der Waals surface area (Å²) in [5.41, 5.74) is 2.45. The first-order valence-electron chi connectivity index (χ1n) is 10.1. The third-order valence-electron chi connectivity index (χ3n) is 5.12. The fraction of sp³-hybridized carbons (Fsp3) is 0.455. The molecule has 1 N–H and O–H groups in total. The summed E-state index contributed by atoms with van der Waals surface area (Å²) in [4.78, 5) is 38.0. The van der Waals surface area contributed by atoms with Crippen molar-refractivity contribution in [2.75, 3.05) is 37.6 Å². The third kappa shape index (κ3) is 5.10. The minimum atomic E-state index is -0.215. The molecule has 29 heavy (non-hydrogen) atoms. The fourth-order valence-electron chi connectivity index (χ4n) is 3.37. The lowest BCUT2D eigenvalue weighted by Gasteiger charge is -2.35. The Morgan fingerprint density at radius 1 is 1.07 bits per heavy atom. The minimum Gasteiger partial charge on any atom is -0.353 e. The molecule has 0 unspecified atom stereocenters. The van der Waals surface area contributed by atoms with Gasteiger partial charge in [0.05, 0.1) is 6.54 Å². The Balaban J connectivity index is 1.53. The van der Waals surface area contributed by atoms with Crippen LogP contribution in [-0.2, 0) is 4.79 Å². The second-order valence-electron chi connectivity index (χ2n) is 7.75. The van der Waals surface area contributed by atoms with Crippen LogP contribution in [0.15, 0.2) is 30.3 Å². The summed E-state index contributed by atoms with van der Waals surface area (Å²) in [7, 11) is 0. The van der Waals surface area contributed by atoms with Gasteiger partial charge in [-0.2, -0.15) is 0 Å². The molecule has 0 aliphatic carbocycles. The highest BCUT2D eigenvalue weighted by molar-refractivity contribution is 5.97. The summed E-state index contributed by atoms with van der Waals surface area (Å²) in [6, 6.07) is 9.35. The van der Waals surface area contributed by atoms with Gasteiger partial charge >= 0.3 is 0 Å². The van der Waals surface area contributed by atoms with Gasteiger partial charge < -0.3 is 15.1 Å². The number of carbonyl (C=O) groups is 2. The summed E-state index contributed by atoms with van der Waals surface area (Å²) < 4.78 is 0. The van der Waals surface area contributed by atoms with Crippen molar-refractivity contribution in [3.8, 4) is 0 Å². The van der Waals surface area contributed by atoms with Gasteiger partial charge in [-0.25, -0.2) is 9.97 Å². The zero-order valence-electron chi connectivity index (χ0n) is 17.6. The number of amides is 2. The number of hydrogen-bond acceptors (Lipinski definition) is 5. The molecule has 7 nitrogen and oxygen atoms in total. The fourth-order valence-corrected chi connectivity index (χ4v) is 3.37. The van der Waals surface area contributed by atoms with Crippen molar-refractivity contribution in [2.45, 2.75) is 33.6 Å². The zero-order valence-corrected chi connectivity index (χ0v) is 17.6. The maximum absolute atomic E-state index is 12.5. The standard InChI is InChI=1S/C22H29N5O2/c1-15(2)21-24-17(4)13-19(25-21)26-9-11-27(12-10-26)20(28)14-23-22(29)18-8-6-5-7-16(18)3/h5-8,13,15H,9-12,14H2,1-4H3,(H,23,29). The van der Waals surface area contributed by atoms with Crippen LogP contribution in [0, 0.1) is 13.8 Å². The topological polar surface area (TPSA) is 78.4 Å². The molecule has 1 aliphatic rings. The van der Waals surface area contributed by atoms with Crippen molar-refractivity contribution in [3.05, 3.63) is 53.0 Å². The summed E-state index contributed by atoms with van der Waals surface area (Å²) >= 11 is 0. The number of carbonyl (C=O) groups excluding carboxylic acids is 2. The van der Waals surface area contributed by atoms with Crippen LogP contribution in [0.25, 0.3) is 0 Å². The molecule has 1 saturated heterocycles. The van der Waals surface area contributed by atoms with Crippen LogP contribution in [0.2, 0.25) is 0 Å². The number of aryl methyl sites for hydroxylation is 2. The number of piperazine rings is 1. The van der Waals surface area contributed by atoms with E-state index in [4.69, 9.17) is 0 Å². The quantitative estimate of drug-likeness (QED) is 0.840. The Kier molecular flexibility index (Phi) is 6.46. The smallest absolute Gasteiger partial charge is 0.251 e. The van der Waals surface area contributed by atoms with Gasteiger partial charge in [0.25, 0.3) is 5.91 Å². The number of rotatable bonds is 5. The highest BCUT2D eigenvalue weighted by Crippen LogP contribution is 2.18. The zero-order chi connectivity index (χ0) is 21.0. The van der Waals surface area contributed by atoms with E-state index >= 15 is 0 Å². The van der Waals surface area contributed by atoms with E-state index in [1.165, 1.54) is 0 Å². The lowest BCUT2D eigenvalue weighted by Crippen LogP contribution is -2.51. The number of hydrogen-bond donors (Lipinski definition) is 1. The molecule has 1 fully saturated rings. The summed E-state index contributed by atoms with van der Waals surface area (Å²) in [6.07, 6.45) is 0. The Labute approximate surface area is 172 Å². The van der Waals surface area contributed by atoms with Gasteiger partial charge in [0.2, 0.25) is 5.91 Å². The van der Waals surface area contributed by atoms with Crippen LogP contribution in [0.1, 0.15) is 47.2 Å². The van der Waals surface area contributed by atoms with E-state index in [-0.39, 0.29) is 24.3 Å². The Hall–Kier alpha value is -2.96. The van der Waals surface area contributed by atoms with Gasteiger partial charge in [0, 0.05) is 49.4 Å². The Morgan fingerprint density at radius 2 is 1.76 bits per heavy atom. The van der Waals surface area contributed by atoms with E-state index in [0.717, 1.165) is 22.9 Å². The summed E-state index contributed by atoms with van der Waals surface area (Å²) in [5, 5.41) is 2.74. The molecule has 1 aromatic heterocycles. The van der Waals surface area contributed by atoms with Crippen molar-refractivity contribution in [1.29, 1.82) is 0 Å². The molecule has 0 saturated carbocycles. The maximum atomic E-state index is 12.5. The van der Waals surface area contributed by atoms with Gasteiger partial charge in [-0.3, -0.25) is 9.59 Å². The first-order valence-corrected chi connectivity index (χ1v) is 10.1. The Morgan fingerprint density at radius 3 is 2.41 bits per heavy atom. The highest BCUT2D eigenvalue weighted by Gasteiger charge is 2.23. The number of aromatic nitrogens is 2. The molecule has 2 aromatic rings. The lowest BCUT2D eigenvalue weighted by molar-refractivity contribution is -0.130. The third-order valence-corrected chi connectivity index (χ3v) is 5.12. The normalized spacial score (nSPS) is 14.2. The predicted molar refractivity (Wildman–Crippen MR) is 113 cm³/mol. The van der Waals surface area contributed by atoms with Gasteiger partial charge in [-0.05, 0) is 25.5 Å². The van der Waals surface area contributed by atoms with Gasteiger partial charge in [-0.15, -0.1) is 0 Å². The molecule has 7 heteroatoms. The summed E-state index contributed by atoms with van der Waals surface area (Å²) in [5.74, 6) is 1.76. The van der Waals surface area contributed by atoms with Crippen LogP contribution in [0.3, 0.4) is 0 Å². The predicted octanol–water partition coefficient (Wildman–Crippen LogP) is 2.30. The number of nitrogens with zero attached hydrogens (tertiary/aromatic N) is 4. The van der Waals surface area contributed by atoms with Crippen LogP contribution >= 0.6 is 0 Å². The monoisotopic (exact) mass is 395 g/mol. The molecular formula is C22H29N5O2. The molecule has 2 amide bonds. The molecule has 0 spiro atoms. The second-order valence-corrected chi connectivity index (χ2v) is 7.75. The van der Waals surface area contributed by atoms with Crippen molar-refractivity contribution < 1.29 is 9.59 Å². The molecular weight excluding hydrogens is 366 g/mol. The van der Waals surface area contributed by atoms with E-state index in [9.17, 15) is 9.59 Å². The van der Waals surface area contributed by atoms with Crippen LogP contribution in [0.4, 0.5) is 5.82 Å². The summed E-state index contributed by atoms with van der Waals surface area (Å²) in [6.45, 7) is 10.7. The molecule has 1 aromatic carbocycles. The average Bonchev–Trinajstić information content (AvgIpc) is 2.71. The molecule has 0 bridgehead atoms. The Bertz CT molecular complexity index is 889. The van der Waals surface area contributed by atoms with E-state index < -0.39 is 0 Å². The molecule has 0 atom stereocenters. The SMILES string of the molecule is Cc1cc(N2CCN(C(=O)CNC(=O)c3ccccc3C)CC2)nc(C(C)C)n1. The van der Waals surface area contributed by atoms with Crippen LogP contribution < -0.4 is 10.2 Å². The first kappa shape index (κ1) is 20.8. The van der Waals surface area contributed by atoms with E-state index in [0.29, 0.717) is 31.7 Å². The molecule has 154 valence electrons. The first-order chi connectivity index (χ1) is 13.8. The van der Waals surface area contributed by atoms with Gasteiger partial charge in [-0.1, -0.05) is 32.0 Å². The number of benzene rings is 1. The second kappa shape index (κ2) is 9.03. The van der Waals surface area contributed by atoms with Crippen LogP contribution in [-0.4, -0.2) is 59.4 Å². The van der Waals surface area contributed by atoms with Gasteiger partial charge in [0.1, 0.15) is 11.6 Å². The average molecular weight is 396 g/mol. The van der Waals surface area contributed by atoms with Gasteiger partial charge in [0.15, 0.2) is 0 Å². The molecule has 2 heterocycles. The lowest BCUT2D eigenvalue weighted by atomic mass is 10.1. The molecule has 3 rings (SSSR count). The highest BCUT2D eigenvalue weighted by atomic mass is 16.2. The van der Waals surface area contributed by atoms with Crippen molar-refractivity contribution in [2.24, 2.45) is 0 Å². The van der Waals surface area contributed by atoms with E-state index in [1.807, 2.05) is 38.1 Å². The van der Waals surface area contributed by atoms with E-state index in [2.05, 4.69) is 34.0 Å². The van der Waals surface area contributed by atoms with Crippen molar-refractivity contribution in [1.82, 2.24) is 20.2 Å². The largest absolute Gasteiger partial charge is 0.353 e. The van der Waals surface area contributed by atoms with Crippen molar-refractivity contribution >= 4 is 17.6 Å².